The van der Waals surface area contributed by atoms with E-state index < -0.39 is 5.91 Å². The lowest BCUT2D eigenvalue weighted by molar-refractivity contribution is -0.114. The number of ether oxygens (including phenoxy) is 2. The lowest BCUT2D eigenvalue weighted by Gasteiger charge is -2.14. The number of methoxy groups -OCH3 is 1. The first-order valence-corrected chi connectivity index (χ1v) is 7.80. The van der Waals surface area contributed by atoms with Crippen molar-refractivity contribution in [2.75, 3.05) is 7.11 Å². The lowest BCUT2D eigenvalue weighted by atomic mass is 10.1. The molecule has 0 spiro atoms. The van der Waals surface area contributed by atoms with Crippen molar-refractivity contribution in [2.24, 2.45) is 5.73 Å². The molecule has 0 heterocycles. The molecule has 0 fully saturated rings. The predicted octanol–water partition coefficient (Wildman–Crippen LogP) is 3.63. The summed E-state index contributed by atoms with van der Waals surface area (Å²) in [6, 6.07) is 12.9. The minimum absolute atomic E-state index is 0.174. The quantitative estimate of drug-likeness (QED) is 0.632. The van der Waals surface area contributed by atoms with Crippen LogP contribution in [0.3, 0.4) is 0 Å². The third-order valence-corrected chi connectivity index (χ3v) is 3.70. The maximum Gasteiger partial charge on any atom is 0.259 e. The molecule has 0 aliphatic rings. The van der Waals surface area contributed by atoms with Gasteiger partial charge in [0, 0.05) is 0 Å². The fourth-order valence-electron chi connectivity index (χ4n) is 2.25. The highest BCUT2D eigenvalue weighted by Gasteiger charge is 2.13. The Morgan fingerprint density at radius 3 is 2.72 bits per heavy atom. The summed E-state index contributed by atoms with van der Waals surface area (Å²) in [5, 5.41) is 9.24. The second kappa shape index (κ2) is 8.22. The lowest BCUT2D eigenvalue weighted by Crippen LogP contribution is -2.12. The van der Waals surface area contributed by atoms with Crippen molar-refractivity contribution in [2.45, 2.75) is 13.5 Å². The molecule has 0 atom stereocenters. The van der Waals surface area contributed by atoms with Gasteiger partial charge in [-0.2, -0.15) is 5.26 Å². The average Bonchev–Trinajstić information content (AvgIpc) is 2.58. The molecule has 0 saturated carbocycles. The zero-order valence-corrected chi connectivity index (χ0v) is 14.6. The van der Waals surface area contributed by atoms with Crippen LogP contribution in [0.4, 0.5) is 0 Å². The van der Waals surface area contributed by atoms with Crippen LogP contribution in [0.5, 0.6) is 11.5 Å². The maximum absolute atomic E-state index is 11.2. The van der Waals surface area contributed by atoms with Crippen LogP contribution >= 0.6 is 11.6 Å². The fourth-order valence-corrected chi connectivity index (χ4v) is 2.52. The molecule has 2 N–H and O–H groups in total. The van der Waals surface area contributed by atoms with Gasteiger partial charge in [0.1, 0.15) is 18.2 Å². The van der Waals surface area contributed by atoms with E-state index in [4.69, 9.17) is 32.1 Å². The van der Waals surface area contributed by atoms with Crippen LogP contribution in [0.2, 0.25) is 5.02 Å². The molecule has 128 valence electrons. The molecule has 0 aromatic heterocycles. The van der Waals surface area contributed by atoms with Crippen LogP contribution in [-0.4, -0.2) is 13.0 Å². The Balaban J connectivity index is 2.31. The highest BCUT2D eigenvalue weighted by Crippen LogP contribution is 2.37. The highest BCUT2D eigenvalue weighted by atomic mass is 35.5. The molecule has 0 saturated heterocycles. The summed E-state index contributed by atoms with van der Waals surface area (Å²) in [4.78, 5) is 11.2. The van der Waals surface area contributed by atoms with Gasteiger partial charge in [0.05, 0.1) is 12.1 Å². The third kappa shape index (κ3) is 4.75. The van der Waals surface area contributed by atoms with Crippen LogP contribution in [0.25, 0.3) is 6.08 Å². The van der Waals surface area contributed by atoms with Crippen molar-refractivity contribution in [1.82, 2.24) is 0 Å². The van der Waals surface area contributed by atoms with Gasteiger partial charge in [-0.1, -0.05) is 41.4 Å². The van der Waals surface area contributed by atoms with E-state index in [0.717, 1.165) is 11.1 Å². The number of rotatable bonds is 6. The normalized spacial score (nSPS) is 10.9. The minimum Gasteiger partial charge on any atom is -0.493 e. The Hall–Kier alpha value is -2.97. The Morgan fingerprint density at radius 1 is 1.36 bits per heavy atom. The molecule has 0 bridgehead atoms. The van der Waals surface area contributed by atoms with Gasteiger partial charge < -0.3 is 15.2 Å². The minimum atomic E-state index is -0.808. The summed E-state index contributed by atoms with van der Waals surface area (Å²) in [5.41, 5.74) is 7.62. The van der Waals surface area contributed by atoms with Crippen LogP contribution in [0.15, 0.2) is 42.0 Å². The summed E-state index contributed by atoms with van der Waals surface area (Å²) in [5.74, 6) is -0.0223. The van der Waals surface area contributed by atoms with E-state index in [1.165, 1.54) is 13.2 Å². The molecule has 0 radical (unpaired) electrons. The van der Waals surface area contributed by atoms with Gasteiger partial charge in [0.25, 0.3) is 5.91 Å². The van der Waals surface area contributed by atoms with E-state index in [2.05, 4.69) is 0 Å². The van der Waals surface area contributed by atoms with Crippen molar-refractivity contribution in [3.63, 3.8) is 0 Å². The maximum atomic E-state index is 11.2. The van der Waals surface area contributed by atoms with E-state index in [1.807, 2.05) is 31.2 Å². The molecular weight excluding hydrogens is 340 g/mol. The fraction of sp³-hybridized carbons (Fsp3) is 0.158. The number of benzene rings is 2. The predicted molar refractivity (Wildman–Crippen MR) is 96.3 cm³/mol. The second-order valence-electron chi connectivity index (χ2n) is 5.35. The molecular formula is C19H17ClN2O3. The number of halogens is 1. The van der Waals surface area contributed by atoms with Crippen molar-refractivity contribution < 1.29 is 14.3 Å². The van der Waals surface area contributed by atoms with E-state index in [9.17, 15) is 4.79 Å². The molecule has 2 aromatic carbocycles. The summed E-state index contributed by atoms with van der Waals surface area (Å²) in [7, 11) is 1.48. The van der Waals surface area contributed by atoms with Crippen LogP contribution in [0.1, 0.15) is 16.7 Å². The highest BCUT2D eigenvalue weighted by molar-refractivity contribution is 6.32. The first-order chi connectivity index (χ1) is 11.9. The van der Waals surface area contributed by atoms with Crippen molar-refractivity contribution in [3.8, 4) is 17.6 Å². The Morgan fingerprint density at radius 2 is 2.12 bits per heavy atom. The van der Waals surface area contributed by atoms with E-state index in [-0.39, 0.29) is 5.57 Å². The van der Waals surface area contributed by atoms with Gasteiger partial charge >= 0.3 is 0 Å². The van der Waals surface area contributed by atoms with Crippen LogP contribution in [-0.2, 0) is 11.4 Å². The van der Waals surface area contributed by atoms with E-state index >= 15 is 0 Å². The van der Waals surface area contributed by atoms with Gasteiger partial charge in [-0.25, -0.2) is 0 Å². The molecule has 0 unspecified atom stereocenters. The van der Waals surface area contributed by atoms with Crippen LogP contribution < -0.4 is 15.2 Å². The molecule has 0 aliphatic heterocycles. The average molecular weight is 357 g/mol. The summed E-state index contributed by atoms with van der Waals surface area (Å²) in [6.07, 6.45) is 1.35. The smallest absolute Gasteiger partial charge is 0.259 e. The van der Waals surface area contributed by atoms with Crippen molar-refractivity contribution in [3.05, 3.63) is 63.7 Å². The molecule has 5 nitrogen and oxygen atoms in total. The number of nitrogens with zero attached hydrogens (tertiary/aromatic N) is 1. The Labute approximate surface area is 151 Å². The van der Waals surface area contributed by atoms with Gasteiger partial charge in [-0.15, -0.1) is 0 Å². The number of carbonyl (C=O) groups excluding carboxylic acids is 1. The first kappa shape index (κ1) is 18.4. The molecule has 6 heteroatoms. The number of nitriles is 1. The number of nitrogens with two attached hydrogens (primary N) is 1. The number of amides is 1. The van der Waals surface area contributed by atoms with E-state index in [0.29, 0.717) is 28.7 Å². The summed E-state index contributed by atoms with van der Waals surface area (Å²) >= 11 is 6.28. The summed E-state index contributed by atoms with van der Waals surface area (Å²) < 4.78 is 11.1. The van der Waals surface area contributed by atoms with E-state index in [1.54, 1.807) is 18.2 Å². The molecule has 2 aromatic rings. The molecule has 25 heavy (non-hydrogen) atoms. The number of aryl methyl sites for hydroxylation is 1. The molecule has 1 amide bonds. The second-order valence-corrected chi connectivity index (χ2v) is 5.75. The van der Waals surface area contributed by atoms with Gasteiger partial charge in [0.2, 0.25) is 0 Å². The summed E-state index contributed by atoms with van der Waals surface area (Å²) in [6.45, 7) is 2.33. The number of carbonyl (C=O) groups is 1. The molecule has 0 aliphatic carbocycles. The van der Waals surface area contributed by atoms with Crippen molar-refractivity contribution in [1.29, 1.82) is 5.26 Å². The third-order valence-electron chi connectivity index (χ3n) is 3.41. The SMILES string of the molecule is COc1cc(/C=C(\C#N)C(N)=O)cc(Cl)c1OCc1cccc(C)c1. The van der Waals surface area contributed by atoms with Crippen LogP contribution in [0, 0.1) is 18.3 Å². The van der Waals surface area contributed by atoms with Gasteiger partial charge in [-0.05, 0) is 36.3 Å². The number of primary amides is 1. The van der Waals surface area contributed by atoms with Gasteiger partial charge in [0.15, 0.2) is 11.5 Å². The zero-order chi connectivity index (χ0) is 18.4. The largest absolute Gasteiger partial charge is 0.493 e. The number of hydrogen-bond acceptors (Lipinski definition) is 4. The number of hydrogen-bond donors (Lipinski definition) is 1. The van der Waals surface area contributed by atoms with Crippen molar-refractivity contribution >= 4 is 23.6 Å². The molecule has 2 rings (SSSR count). The zero-order valence-electron chi connectivity index (χ0n) is 13.9. The topological polar surface area (TPSA) is 85.3 Å². The Bertz CT molecular complexity index is 869. The van der Waals surface area contributed by atoms with Gasteiger partial charge in [-0.3, -0.25) is 4.79 Å². The standard InChI is InChI=1S/C19H17ClN2O3/c1-12-4-3-5-13(6-12)11-25-18-16(20)8-14(9-17(18)24-2)7-15(10-21)19(22)23/h3-9H,11H2,1-2H3,(H2,22,23)/b15-7+. The first-order valence-electron chi connectivity index (χ1n) is 7.42. The monoisotopic (exact) mass is 356 g/mol. The Kier molecular flexibility index (Phi) is 6.04.